The zero-order chi connectivity index (χ0) is 12.3. The maximum atomic E-state index is 11.3. The fraction of sp³-hybridized carbons (Fsp3) is 0.417. The molecule has 4 nitrogen and oxygen atoms in total. The molecule has 0 saturated heterocycles. The first-order valence-electron chi connectivity index (χ1n) is 5.07. The lowest BCUT2D eigenvalue weighted by Gasteiger charge is -2.28. The lowest BCUT2D eigenvalue weighted by atomic mass is 9.95. The van der Waals surface area contributed by atoms with Crippen LogP contribution in [0.2, 0.25) is 0 Å². The van der Waals surface area contributed by atoms with Gasteiger partial charge in [0.25, 0.3) is 0 Å². The van der Waals surface area contributed by atoms with E-state index in [1.54, 1.807) is 26.0 Å². The number of carboxylic acids is 1. The Kier molecular flexibility index (Phi) is 3.55. The second kappa shape index (κ2) is 4.53. The predicted molar refractivity (Wildman–Crippen MR) is 59.3 cm³/mol. The number of carbonyl (C=O) groups is 1. The number of hydrogen-bond acceptors (Lipinski definition) is 3. The lowest BCUT2D eigenvalue weighted by Crippen LogP contribution is -2.37. The average molecular weight is 224 g/mol. The van der Waals surface area contributed by atoms with E-state index in [4.69, 9.17) is 9.84 Å². The Morgan fingerprint density at radius 3 is 2.19 bits per heavy atom. The van der Waals surface area contributed by atoms with Gasteiger partial charge in [-0.3, -0.25) is 0 Å². The van der Waals surface area contributed by atoms with Crippen LogP contribution in [0.4, 0.5) is 0 Å². The van der Waals surface area contributed by atoms with E-state index in [1.807, 2.05) is 0 Å². The van der Waals surface area contributed by atoms with Gasteiger partial charge in [-0.1, -0.05) is 12.1 Å². The first-order chi connectivity index (χ1) is 7.36. The largest absolute Gasteiger partial charge is 0.508 e. The second-order valence-corrected chi connectivity index (χ2v) is 4.05. The van der Waals surface area contributed by atoms with Crippen LogP contribution in [0, 0.1) is 0 Å². The van der Waals surface area contributed by atoms with Crippen molar-refractivity contribution in [2.45, 2.75) is 32.5 Å². The molecule has 1 aromatic rings. The van der Waals surface area contributed by atoms with E-state index in [-0.39, 0.29) is 11.9 Å². The van der Waals surface area contributed by atoms with Crippen molar-refractivity contribution >= 4 is 5.97 Å². The van der Waals surface area contributed by atoms with E-state index in [1.165, 1.54) is 19.1 Å². The van der Waals surface area contributed by atoms with Crippen LogP contribution in [0.3, 0.4) is 0 Å². The SMILES string of the molecule is CC(C)OC(C)(C(=O)O)c1ccc(O)cc1. The van der Waals surface area contributed by atoms with E-state index in [0.717, 1.165) is 0 Å². The smallest absolute Gasteiger partial charge is 0.340 e. The highest BCUT2D eigenvalue weighted by atomic mass is 16.5. The molecule has 16 heavy (non-hydrogen) atoms. The summed E-state index contributed by atoms with van der Waals surface area (Å²) in [4.78, 5) is 11.3. The number of hydrogen-bond donors (Lipinski definition) is 2. The van der Waals surface area contributed by atoms with Crippen molar-refractivity contribution in [3.05, 3.63) is 29.8 Å². The van der Waals surface area contributed by atoms with Gasteiger partial charge in [0.15, 0.2) is 5.60 Å². The third-order valence-corrected chi connectivity index (χ3v) is 2.30. The lowest BCUT2D eigenvalue weighted by molar-refractivity contribution is -0.170. The maximum absolute atomic E-state index is 11.3. The summed E-state index contributed by atoms with van der Waals surface area (Å²) in [6.45, 7) is 5.06. The molecule has 1 atom stereocenters. The van der Waals surface area contributed by atoms with Gasteiger partial charge in [0.05, 0.1) is 6.10 Å². The van der Waals surface area contributed by atoms with Crippen molar-refractivity contribution in [2.75, 3.05) is 0 Å². The van der Waals surface area contributed by atoms with Crippen molar-refractivity contribution in [3.8, 4) is 5.75 Å². The van der Waals surface area contributed by atoms with Crippen LogP contribution in [0.25, 0.3) is 0 Å². The number of aromatic hydroxyl groups is 1. The van der Waals surface area contributed by atoms with Gasteiger partial charge in [-0.05, 0) is 38.5 Å². The molecule has 1 rings (SSSR count). The van der Waals surface area contributed by atoms with Crippen molar-refractivity contribution < 1.29 is 19.7 Å². The van der Waals surface area contributed by atoms with Gasteiger partial charge in [0.2, 0.25) is 0 Å². The monoisotopic (exact) mass is 224 g/mol. The summed E-state index contributed by atoms with van der Waals surface area (Å²) in [6, 6.07) is 5.98. The van der Waals surface area contributed by atoms with Gasteiger partial charge < -0.3 is 14.9 Å². The summed E-state index contributed by atoms with van der Waals surface area (Å²) in [6.07, 6.45) is -0.199. The Morgan fingerprint density at radius 2 is 1.81 bits per heavy atom. The van der Waals surface area contributed by atoms with E-state index in [9.17, 15) is 9.90 Å². The van der Waals surface area contributed by atoms with E-state index >= 15 is 0 Å². The van der Waals surface area contributed by atoms with E-state index in [0.29, 0.717) is 5.56 Å². The molecule has 0 spiro atoms. The normalized spacial score (nSPS) is 14.8. The van der Waals surface area contributed by atoms with E-state index in [2.05, 4.69) is 0 Å². The Hall–Kier alpha value is -1.55. The minimum Gasteiger partial charge on any atom is -0.508 e. The minimum absolute atomic E-state index is 0.0982. The van der Waals surface area contributed by atoms with Crippen LogP contribution in [0.1, 0.15) is 26.3 Å². The molecular weight excluding hydrogens is 208 g/mol. The Labute approximate surface area is 94.5 Å². The van der Waals surface area contributed by atoms with Crippen LogP contribution in [0.5, 0.6) is 5.75 Å². The molecule has 0 radical (unpaired) electrons. The predicted octanol–water partition coefficient (Wildman–Crippen LogP) is 2.12. The molecule has 0 aliphatic rings. The molecule has 0 aliphatic heterocycles. The maximum Gasteiger partial charge on any atom is 0.340 e. The van der Waals surface area contributed by atoms with Crippen LogP contribution >= 0.6 is 0 Å². The highest BCUT2D eigenvalue weighted by Gasteiger charge is 2.37. The zero-order valence-electron chi connectivity index (χ0n) is 9.60. The molecule has 0 amide bonds. The number of ether oxygens (including phenoxy) is 1. The molecular formula is C12H16O4. The first-order valence-corrected chi connectivity index (χ1v) is 5.07. The summed E-state index contributed by atoms with van der Waals surface area (Å²) in [7, 11) is 0. The molecule has 0 heterocycles. The topological polar surface area (TPSA) is 66.8 Å². The van der Waals surface area contributed by atoms with Gasteiger partial charge in [-0.25, -0.2) is 4.79 Å². The summed E-state index contributed by atoms with van der Waals surface area (Å²) in [5, 5.41) is 18.4. The third-order valence-electron chi connectivity index (χ3n) is 2.30. The standard InChI is InChI=1S/C12H16O4/c1-8(2)16-12(3,11(14)15)9-4-6-10(13)7-5-9/h4-8,13H,1-3H3,(H,14,15). The van der Waals surface area contributed by atoms with Crippen molar-refractivity contribution in [3.63, 3.8) is 0 Å². The quantitative estimate of drug-likeness (QED) is 0.822. The summed E-state index contributed by atoms with van der Waals surface area (Å²) >= 11 is 0. The molecule has 0 saturated carbocycles. The van der Waals surface area contributed by atoms with Crippen LogP contribution in [0.15, 0.2) is 24.3 Å². The van der Waals surface area contributed by atoms with Gasteiger partial charge in [0, 0.05) is 0 Å². The minimum atomic E-state index is -1.39. The Balaban J connectivity index is 3.11. The highest BCUT2D eigenvalue weighted by Crippen LogP contribution is 2.28. The molecule has 0 bridgehead atoms. The number of carboxylic acid groups (broad SMARTS) is 1. The molecule has 88 valence electrons. The number of phenolic OH excluding ortho intramolecular Hbond substituents is 1. The molecule has 2 N–H and O–H groups in total. The number of rotatable bonds is 4. The summed E-state index contributed by atoms with van der Waals surface area (Å²) < 4.78 is 5.44. The number of benzene rings is 1. The average Bonchev–Trinajstić information content (AvgIpc) is 2.17. The zero-order valence-corrected chi connectivity index (χ0v) is 9.60. The fourth-order valence-corrected chi connectivity index (χ4v) is 1.49. The van der Waals surface area contributed by atoms with Crippen LogP contribution in [-0.4, -0.2) is 22.3 Å². The number of phenols is 1. The van der Waals surface area contributed by atoms with Gasteiger partial charge >= 0.3 is 5.97 Å². The van der Waals surface area contributed by atoms with E-state index < -0.39 is 11.6 Å². The second-order valence-electron chi connectivity index (χ2n) is 4.05. The summed E-state index contributed by atoms with van der Waals surface area (Å²) in [5.41, 5.74) is -0.881. The van der Waals surface area contributed by atoms with Crippen LogP contribution in [-0.2, 0) is 15.1 Å². The summed E-state index contributed by atoms with van der Waals surface area (Å²) in [5.74, 6) is -0.951. The highest BCUT2D eigenvalue weighted by molar-refractivity contribution is 5.79. The molecule has 0 fully saturated rings. The van der Waals surface area contributed by atoms with Gasteiger partial charge in [-0.2, -0.15) is 0 Å². The number of aliphatic carboxylic acids is 1. The van der Waals surface area contributed by atoms with Crippen LogP contribution < -0.4 is 0 Å². The first kappa shape index (κ1) is 12.5. The molecule has 0 aromatic heterocycles. The fourth-order valence-electron chi connectivity index (χ4n) is 1.49. The van der Waals surface area contributed by atoms with Crippen molar-refractivity contribution in [1.82, 2.24) is 0 Å². The van der Waals surface area contributed by atoms with Crippen molar-refractivity contribution in [2.24, 2.45) is 0 Å². The molecule has 1 unspecified atom stereocenters. The molecule has 1 aromatic carbocycles. The molecule has 4 heteroatoms. The third kappa shape index (κ3) is 2.52. The molecule has 0 aliphatic carbocycles. The Morgan fingerprint density at radius 1 is 1.31 bits per heavy atom. The van der Waals surface area contributed by atoms with Crippen molar-refractivity contribution in [1.29, 1.82) is 0 Å². The van der Waals surface area contributed by atoms with Gasteiger partial charge in [0.1, 0.15) is 5.75 Å². The van der Waals surface area contributed by atoms with Gasteiger partial charge in [-0.15, -0.1) is 0 Å². The Bertz CT molecular complexity index is 369.